The van der Waals surface area contributed by atoms with E-state index in [4.69, 9.17) is 4.98 Å². The summed E-state index contributed by atoms with van der Waals surface area (Å²) in [5.41, 5.74) is 4.54. The molecular formula is C27H26FN3O2S. The molecule has 0 radical (unpaired) electrons. The van der Waals surface area contributed by atoms with Crippen LogP contribution in [0.5, 0.6) is 0 Å². The van der Waals surface area contributed by atoms with Crippen molar-refractivity contribution < 1.29 is 9.18 Å². The second-order valence-electron chi connectivity index (χ2n) is 9.85. The van der Waals surface area contributed by atoms with Crippen molar-refractivity contribution in [3.8, 4) is 0 Å². The zero-order valence-corrected chi connectivity index (χ0v) is 20.2. The summed E-state index contributed by atoms with van der Waals surface area (Å²) in [5.74, 6) is 0.379. The predicted molar refractivity (Wildman–Crippen MR) is 133 cm³/mol. The summed E-state index contributed by atoms with van der Waals surface area (Å²) < 4.78 is 13.2. The van der Waals surface area contributed by atoms with Crippen molar-refractivity contribution in [3.63, 3.8) is 0 Å². The summed E-state index contributed by atoms with van der Waals surface area (Å²) in [5, 5.41) is 3.83. The third-order valence-corrected chi connectivity index (χ3v) is 7.34. The van der Waals surface area contributed by atoms with Crippen LogP contribution >= 0.6 is 11.8 Å². The summed E-state index contributed by atoms with van der Waals surface area (Å²) in [7, 11) is 0. The molecule has 3 aromatic rings. The van der Waals surface area contributed by atoms with E-state index < -0.39 is 5.92 Å². The fraction of sp³-hybridized carbons (Fsp3) is 0.296. The van der Waals surface area contributed by atoms with E-state index in [2.05, 4.69) is 24.1 Å². The summed E-state index contributed by atoms with van der Waals surface area (Å²) in [6.07, 6.45) is 1.16. The van der Waals surface area contributed by atoms with Crippen LogP contribution in [0.2, 0.25) is 0 Å². The zero-order valence-electron chi connectivity index (χ0n) is 19.4. The highest BCUT2D eigenvalue weighted by molar-refractivity contribution is 7.98. The van der Waals surface area contributed by atoms with Gasteiger partial charge in [0.25, 0.3) is 5.56 Å². The summed E-state index contributed by atoms with van der Waals surface area (Å²) in [6.45, 7) is 6.18. The Balaban J connectivity index is 1.57. The zero-order chi connectivity index (χ0) is 24.0. The van der Waals surface area contributed by atoms with Crippen molar-refractivity contribution in [1.29, 1.82) is 0 Å². The Labute approximate surface area is 201 Å². The van der Waals surface area contributed by atoms with Gasteiger partial charge >= 0.3 is 0 Å². The number of halogens is 1. The number of nitrogens with zero attached hydrogens (tertiary/aromatic N) is 1. The van der Waals surface area contributed by atoms with E-state index in [0.717, 1.165) is 22.4 Å². The maximum Gasteiger partial charge on any atom is 0.257 e. The number of hydrogen-bond acceptors (Lipinski definition) is 5. The predicted octanol–water partition coefficient (Wildman–Crippen LogP) is 5.71. The Morgan fingerprint density at radius 3 is 2.47 bits per heavy atom. The monoisotopic (exact) mass is 475 g/mol. The molecule has 34 heavy (non-hydrogen) atoms. The lowest BCUT2D eigenvalue weighted by Crippen LogP contribution is -2.37. The van der Waals surface area contributed by atoms with Crippen LogP contribution in [0, 0.1) is 18.2 Å². The number of ketones is 1. The van der Waals surface area contributed by atoms with Gasteiger partial charge in [-0.15, -0.1) is 0 Å². The Kier molecular flexibility index (Phi) is 5.68. The lowest BCUT2D eigenvalue weighted by molar-refractivity contribution is -0.118. The molecule has 1 aromatic heterocycles. The summed E-state index contributed by atoms with van der Waals surface area (Å²) >= 11 is 1.38. The van der Waals surface area contributed by atoms with E-state index >= 15 is 0 Å². The molecule has 0 saturated carbocycles. The minimum absolute atomic E-state index is 0.0733. The number of aryl methyl sites for hydroxylation is 1. The van der Waals surface area contributed by atoms with Crippen LogP contribution in [-0.2, 0) is 10.5 Å². The number of benzene rings is 2. The molecule has 0 spiro atoms. The highest BCUT2D eigenvalue weighted by Crippen LogP contribution is 2.47. The number of aromatic amines is 1. The standard InChI is InChI=1S/C27H26FN3O2S/c1-15-4-8-17(9-5-15)21-22-19(12-27(2,3)13-20(22)32)29-24-23(21)25(33)31-26(30-24)34-14-16-6-10-18(28)11-7-16/h4-11,21H,12-14H2,1-3H3,(H2,29,30,31,33). The normalized spacial score (nSPS) is 18.8. The number of fused-ring (bicyclic) bond motifs is 1. The molecule has 0 saturated heterocycles. The first-order valence-corrected chi connectivity index (χ1v) is 12.3. The topological polar surface area (TPSA) is 74.8 Å². The van der Waals surface area contributed by atoms with Crippen LogP contribution in [0.1, 0.15) is 54.9 Å². The van der Waals surface area contributed by atoms with Gasteiger partial charge in [-0.1, -0.05) is 67.6 Å². The van der Waals surface area contributed by atoms with Gasteiger partial charge in [-0.2, -0.15) is 0 Å². The Morgan fingerprint density at radius 2 is 1.76 bits per heavy atom. The fourth-order valence-electron chi connectivity index (χ4n) is 4.79. The Bertz CT molecular complexity index is 1360. The van der Waals surface area contributed by atoms with Crippen molar-refractivity contribution in [2.24, 2.45) is 5.41 Å². The van der Waals surface area contributed by atoms with Gasteiger partial charge in [0.1, 0.15) is 11.6 Å². The molecule has 2 N–H and O–H groups in total. The number of anilines is 1. The van der Waals surface area contributed by atoms with Gasteiger partial charge in [-0.3, -0.25) is 9.59 Å². The minimum Gasteiger partial charge on any atom is -0.343 e. The second-order valence-corrected chi connectivity index (χ2v) is 10.8. The molecule has 5 nitrogen and oxygen atoms in total. The molecule has 1 unspecified atom stereocenters. The molecule has 2 heterocycles. The molecule has 2 aromatic carbocycles. The molecule has 7 heteroatoms. The smallest absolute Gasteiger partial charge is 0.257 e. The number of rotatable bonds is 4. The van der Waals surface area contributed by atoms with Crippen LogP contribution in [0.4, 0.5) is 10.2 Å². The number of thioether (sulfide) groups is 1. The lowest BCUT2D eigenvalue weighted by Gasteiger charge is -2.38. The van der Waals surface area contributed by atoms with Crippen LogP contribution in [0.3, 0.4) is 0 Å². The molecule has 0 amide bonds. The summed E-state index contributed by atoms with van der Waals surface area (Å²) in [4.78, 5) is 34.3. The van der Waals surface area contributed by atoms with E-state index in [-0.39, 0.29) is 22.6 Å². The van der Waals surface area contributed by atoms with E-state index in [1.165, 1.54) is 23.9 Å². The van der Waals surface area contributed by atoms with Crippen molar-refractivity contribution in [1.82, 2.24) is 9.97 Å². The van der Waals surface area contributed by atoms with Gasteiger partial charge in [0, 0.05) is 29.4 Å². The number of allylic oxidation sites excluding steroid dienone is 2. The highest BCUT2D eigenvalue weighted by atomic mass is 32.2. The molecule has 0 fully saturated rings. The first kappa shape index (κ1) is 22.6. The first-order chi connectivity index (χ1) is 16.2. The number of carbonyl (C=O) groups excluding carboxylic acids is 1. The SMILES string of the molecule is Cc1ccc(C2C3=C(CC(C)(C)CC3=O)Nc3nc(SCc4ccc(F)cc4)[nH]c(=O)c32)cc1. The molecule has 0 bridgehead atoms. The average molecular weight is 476 g/mol. The Hall–Kier alpha value is -3.19. The van der Waals surface area contributed by atoms with Crippen LogP contribution in [0.25, 0.3) is 0 Å². The minimum atomic E-state index is -0.456. The van der Waals surface area contributed by atoms with Gasteiger partial charge in [0.15, 0.2) is 10.9 Å². The van der Waals surface area contributed by atoms with E-state index in [1.54, 1.807) is 12.1 Å². The van der Waals surface area contributed by atoms with Gasteiger partial charge in [-0.05, 0) is 42.0 Å². The Morgan fingerprint density at radius 1 is 1.06 bits per heavy atom. The largest absolute Gasteiger partial charge is 0.343 e. The van der Waals surface area contributed by atoms with E-state index in [9.17, 15) is 14.0 Å². The maximum atomic E-state index is 13.4. The number of carbonyl (C=O) groups is 1. The van der Waals surface area contributed by atoms with Crippen molar-refractivity contribution in [3.05, 3.63) is 98.2 Å². The van der Waals surface area contributed by atoms with Crippen molar-refractivity contribution in [2.45, 2.75) is 50.4 Å². The van der Waals surface area contributed by atoms with Crippen molar-refractivity contribution in [2.75, 3.05) is 5.32 Å². The molecule has 1 atom stereocenters. The second kappa shape index (κ2) is 8.55. The third-order valence-electron chi connectivity index (χ3n) is 6.40. The molecule has 5 rings (SSSR count). The molecule has 1 aliphatic carbocycles. The molecular weight excluding hydrogens is 449 g/mol. The number of Topliss-reactive ketones (excluding diaryl/α,β-unsaturated/α-hetero) is 1. The van der Waals surface area contributed by atoms with E-state index in [0.29, 0.717) is 40.7 Å². The van der Waals surface area contributed by atoms with Crippen molar-refractivity contribution >= 4 is 23.4 Å². The van der Waals surface area contributed by atoms with Crippen LogP contribution in [0.15, 0.2) is 69.8 Å². The van der Waals surface area contributed by atoms with Gasteiger partial charge in [-0.25, -0.2) is 9.37 Å². The third kappa shape index (κ3) is 4.32. The van der Waals surface area contributed by atoms with Crippen LogP contribution in [-0.4, -0.2) is 15.8 Å². The molecule has 2 aliphatic rings. The number of nitrogens with one attached hydrogen (secondary N) is 2. The lowest BCUT2D eigenvalue weighted by atomic mass is 9.69. The molecule has 1 aliphatic heterocycles. The van der Waals surface area contributed by atoms with Crippen LogP contribution < -0.4 is 10.9 Å². The number of hydrogen-bond donors (Lipinski definition) is 2. The summed E-state index contributed by atoms with van der Waals surface area (Å²) in [6, 6.07) is 14.3. The number of aromatic nitrogens is 2. The average Bonchev–Trinajstić information content (AvgIpc) is 2.77. The van der Waals surface area contributed by atoms with Gasteiger partial charge in [0.05, 0.1) is 5.56 Å². The fourth-order valence-corrected chi connectivity index (χ4v) is 5.60. The highest BCUT2D eigenvalue weighted by Gasteiger charge is 2.42. The quantitative estimate of drug-likeness (QED) is 0.373. The number of H-pyrrole nitrogens is 1. The van der Waals surface area contributed by atoms with E-state index in [1.807, 2.05) is 31.2 Å². The van der Waals surface area contributed by atoms with Gasteiger partial charge in [0.2, 0.25) is 0 Å². The molecule has 174 valence electrons. The van der Waals surface area contributed by atoms with Gasteiger partial charge < -0.3 is 10.3 Å². The maximum absolute atomic E-state index is 13.4. The first-order valence-electron chi connectivity index (χ1n) is 11.3.